The molecule has 1 atom stereocenters. The van der Waals surface area contributed by atoms with Crippen LogP contribution >= 0.6 is 0 Å². The Kier molecular flexibility index (Phi) is 8.19. The van der Waals surface area contributed by atoms with Crippen molar-refractivity contribution in [3.05, 3.63) is 22.8 Å². The lowest BCUT2D eigenvalue weighted by Crippen LogP contribution is -2.40. The number of ether oxygens (including phenoxy) is 1. The van der Waals surface area contributed by atoms with E-state index in [1.165, 1.54) is 19.3 Å². The van der Waals surface area contributed by atoms with Crippen LogP contribution in [0.5, 0.6) is 0 Å². The summed E-state index contributed by atoms with van der Waals surface area (Å²) in [5, 5.41) is 3.19. The van der Waals surface area contributed by atoms with E-state index in [4.69, 9.17) is 14.7 Å². The summed E-state index contributed by atoms with van der Waals surface area (Å²) in [4.78, 5) is 36.4. The van der Waals surface area contributed by atoms with E-state index in [0.29, 0.717) is 32.0 Å². The van der Waals surface area contributed by atoms with Crippen molar-refractivity contribution in [3.63, 3.8) is 0 Å². The molecular weight excluding hydrogens is 380 g/mol. The van der Waals surface area contributed by atoms with Crippen LogP contribution in [0.2, 0.25) is 0 Å². The number of aromatic nitrogens is 2. The first kappa shape index (κ1) is 22.7. The molecule has 1 saturated heterocycles. The Bertz CT molecular complexity index is 723. The summed E-state index contributed by atoms with van der Waals surface area (Å²) < 4.78 is 5.03. The molecule has 30 heavy (non-hydrogen) atoms. The van der Waals surface area contributed by atoms with Crippen molar-refractivity contribution in [3.8, 4) is 0 Å². The van der Waals surface area contributed by atoms with Crippen LogP contribution in [0.25, 0.3) is 0 Å². The van der Waals surface area contributed by atoms with Gasteiger partial charge >= 0.3 is 0 Å². The fourth-order valence-electron chi connectivity index (χ4n) is 4.65. The van der Waals surface area contributed by atoms with E-state index >= 15 is 0 Å². The molecule has 7 heteroatoms. The molecule has 1 aliphatic carbocycles. The zero-order valence-corrected chi connectivity index (χ0v) is 18.7. The highest BCUT2D eigenvalue weighted by Crippen LogP contribution is 2.26. The predicted octanol–water partition coefficient (Wildman–Crippen LogP) is 2.83. The number of nitrogens with zero attached hydrogens (tertiary/aromatic N) is 3. The van der Waals surface area contributed by atoms with Crippen LogP contribution in [0.15, 0.2) is 0 Å². The number of likely N-dealkylation sites (tertiary alicyclic amines) is 1. The summed E-state index contributed by atoms with van der Waals surface area (Å²) in [5.74, 6) is 1.14. The largest absolute Gasteiger partial charge is 0.384 e. The molecule has 1 aliphatic heterocycles. The minimum Gasteiger partial charge on any atom is -0.384 e. The Balaban J connectivity index is 1.63. The Labute approximate surface area is 180 Å². The molecule has 3 rings (SSSR count). The molecule has 0 bridgehead atoms. The second-order valence-corrected chi connectivity index (χ2v) is 8.73. The van der Waals surface area contributed by atoms with E-state index in [1.54, 1.807) is 7.11 Å². The molecule has 0 radical (unpaired) electrons. The molecule has 0 aromatic carbocycles. The Morgan fingerprint density at radius 3 is 2.43 bits per heavy atom. The molecule has 2 amide bonds. The topological polar surface area (TPSA) is 84.4 Å². The third-order valence-electron chi connectivity index (χ3n) is 6.40. The van der Waals surface area contributed by atoms with Crippen molar-refractivity contribution in [2.75, 3.05) is 26.8 Å². The van der Waals surface area contributed by atoms with Crippen molar-refractivity contribution in [1.29, 1.82) is 0 Å². The highest BCUT2D eigenvalue weighted by molar-refractivity contribution is 5.79. The molecule has 7 nitrogen and oxygen atoms in total. The highest BCUT2D eigenvalue weighted by Gasteiger charge is 2.27. The normalized spacial score (nSPS) is 20.2. The summed E-state index contributed by atoms with van der Waals surface area (Å²) in [5.41, 5.74) is 2.68. The molecule has 1 N–H and O–H groups in total. The van der Waals surface area contributed by atoms with Gasteiger partial charge in [-0.05, 0) is 39.5 Å². The number of carbonyl (C=O) groups is 2. The van der Waals surface area contributed by atoms with E-state index in [2.05, 4.69) is 5.32 Å². The first-order valence-corrected chi connectivity index (χ1v) is 11.4. The molecule has 1 aromatic heterocycles. The lowest BCUT2D eigenvalue weighted by Gasteiger charge is -2.32. The second-order valence-electron chi connectivity index (χ2n) is 8.73. The molecule has 2 aliphatic rings. The third-order valence-corrected chi connectivity index (χ3v) is 6.40. The number of piperidine rings is 1. The predicted molar refractivity (Wildman–Crippen MR) is 115 cm³/mol. The number of hydrogen-bond donors (Lipinski definition) is 1. The number of aryl methyl sites for hydroxylation is 2. The van der Waals surface area contributed by atoms with Gasteiger partial charge < -0.3 is 15.0 Å². The minimum atomic E-state index is 0.0667. The van der Waals surface area contributed by atoms with Crippen LogP contribution in [0.3, 0.4) is 0 Å². The van der Waals surface area contributed by atoms with E-state index in [-0.39, 0.29) is 17.7 Å². The van der Waals surface area contributed by atoms with Crippen LogP contribution in [0.1, 0.15) is 80.1 Å². The summed E-state index contributed by atoms with van der Waals surface area (Å²) >= 11 is 0. The van der Waals surface area contributed by atoms with Gasteiger partial charge in [-0.1, -0.05) is 19.3 Å². The summed E-state index contributed by atoms with van der Waals surface area (Å²) in [7, 11) is 1.61. The first-order valence-electron chi connectivity index (χ1n) is 11.4. The van der Waals surface area contributed by atoms with Gasteiger partial charge in [-0.2, -0.15) is 0 Å². The lowest BCUT2D eigenvalue weighted by molar-refractivity contribution is -0.133. The van der Waals surface area contributed by atoms with Gasteiger partial charge in [0, 0.05) is 49.1 Å². The van der Waals surface area contributed by atoms with E-state index < -0.39 is 0 Å². The zero-order chi connectivity index (χ0) is 21.5. The molecule has 1 aromatic rings. The number of carbonyl (C=O) groups excluding carboxylic acids is 2. The Morgan fingerprint density at radius 2 is 1.77 bits per heavy atom. The number of methoxy groups -OCH3 is 1. The van der Waals surface area contributed by atoms with Gasteiger partial charge in [0.15, 0.2) is 0 Å². The van der Waals surface area contributed by atoms with Gasteiger partial charge in [-0.15, -0.1) is 0 Å². The molecule has 2 heterocycles. The van der Waals surface area contributed by atoms with E-state index in [9.17, 15) is 9.59 Å². The molecule has 166 valence electrons. The van der Waals surface area contributed by atoms with Crippen LogP contribution in [0.4, 0.5) is 0 Å². The number of rotatable bonds is 7. The van der Waals surface area contributed by atoms with Crippen LogP contribution in [-0.2, 0) is 20.7 Å². The average Bonchev–Trinajstić information content (AvgIpc) is 2.75. The van der Waals surface area contributed by atoms with Crippen molar-refractivity contribution in [2.45, 2.75) is 83.6 Å². The minimum absolute atomic E-state index is 0.0667. The van der Waals surface area contributed by atoms with Gasteiger partial charge in [0.05, 0.1) is 19.4 Å². The number of amides is 2. The van der Waals surface area contributed by atoms with Gasteiger partial charge in [-0.3, -0.25) is 9.59 Å². The smallest absolute Gasteiger partial charge is 0.224 e. The molecular formula is C23H36N4O3. The van der Waals surface area contributed by atoms with Crippen molar-refractivity contribution in [2.24, 2.45) is 0 Å². The standard InChI is InChI=1S/C23H36N4O3/c1-16-20(14-21(28)26-19-9-5-4-6-10-19)17(2)25-23(24-16)18-8-7-12-27(15-18)22(29)11-13-30-3/h18-19H,4-15H2,1-3H3,(H,26,28). The maximum Gasteiger partial charge on any atom is 0.224 e. The van der Waals surface area contributed by atoms with Crippen LogP contribution in [0, 0.1) is 13.8 Å². The van der Waals surface area contributed by atoms with Gasteiger partial charge in [0.25, 0.3) is 0 Å². The fourth-order valence-corrected chi connectivity index (χ4v) is 4.65. The lowest BCUT2D eigenvalue weighted by atomic mass is 9.95. The Hall–Kier alpha value is -2.02. The Morgan fingerprint density at radius 1 is 1.07 bits per heavy atom. The third kappa shape index (κ3) is 6.00. The van der Waals surface area contributed by atoms with E-state index in [0.717, 1.165) is 55.0 Å². The maximum atomic E-state index is 12.6. The van der Waals surface area contributed by atoms with Crippen molar-refractivity contribution in [1.82, 2.24) is 20.2 Å². The van der Waals surface area contributed by atoms with Crippen LogP contribution in [-0.4, -0.2) is 59.5 Å². The van der Waals surface area contributed by atoms with Gasteiger partial charge in [-0.25, -0.2) is 9.97 Å². The molecule has 2 fully saturated rings. The first-order chi connectivity index (χ1) is 14.5. The second kappa shape index (κ2) is 10.8. The average molecular weight is 417 g/mol. The molecule has 1 unspecified atom stereocenters. The summed E-state index contributed by atoms with van der Waals surface area (Å²) in [6.45, 7) is 5.82. The van der Waals surface area contributed by atoms with Crippen LogP contribution < -0.4 is 5.32 Å². The highest BCUT2D eigenvalue weighted by atomic mass is 16.5. The van der Waals surface area contributed by atoms with Gasteiger partial charge in [0.1, 0.15) is 5.82 Å². The molecule has 0 spiro atoms. The summed E-state index contributed by atoms with van der Waals surface area (Å²) in [6.07, 6.45) is 8.53. The maximum absolute atomic E-state index is 12.6. The SMILES string of the molecule is COCCC(=O)N1CCCC(c2nc(C)c(CC(=O)NC3CCCCC3)c(C)n2)C1. The monoisotopic (exact) mass is 416 g/mol. The van der Waals surface area contributed by atoms with Crippen molar-refractivity contribution >= 4 is 11.8 Å². The van der Waals surface area contributed by atoms with E-state index in [1.807, 2.05) is 18.7 Å². The van der Waals surface area contributed by atoms with Gasteiger partial charge in [0.2, 0.25) is 11.8 Å². The molecule has 1 saturated carbocycles. The fraction of sp³-hybridized carbons (Fsp3) is 0.739. The van der Waals surface area contributed by atoms with Crippen molar-refractivity contribution < 1.29 is 14.3 Å². The summed E-state index contributed by atoms with van der Waals surface area (Å²) in [6, 6.07) is 0.316. The zero-order valence-electron chi connectivity index (χ0n) is 18.7. The number of nitrogens with one attached hydrogen (secondary N) is 1. The quantitative estimate of drug-likeness (QED) is 0.739. The number of hydrogen-bond acceptors (Lipinski definition) is 5.